The molecular formula is C20H20ClNO. The van der Waals surface area contributed by atoms with Gasteiger partial charge in [0, 0.05) is 29.4 Å². The summed E-state index contributed by atoms with van der Waals surface area (Å²) < 4.78 is 2.18. The molecule has 0 saturated heterocycles. The minimum Gasteiger partial charge on any atom is -0.390 e. The van der Waals surface area contributed by atoms with Crippen molar-refractivity contribution in [1.82, 2.24) is 4.57 Å². The SMILES string of the molecule is Cc1ccc(Cc2ccc(CO)n2Cc2ccc(Cl)cc2)cc1. The first-order valence-corrected chi connectivity index (χ1v) is 8.11. The lowest BCUT2D eigenvalue weighted by molar-refractivity contribution is 0.271. The van der Waals surface area contributed by atoms with E-state index in [-0.39, 0.29) is 6.61 Å². The molecule has 0 aliphatic carbocycles. The fourth-order valence-corrected chi connectivity index (χ4v) is 2.87. The molecule has 0 amide bonds. The van der Waals surface area contributed by atoms with E-state index in [1.165, 1.54) is 22.4 Å². The molecule has 0 radical (unpaired) electrons. The molecule has 3 rings (SSSR count). The molecule has 0 saturated carbocycles. The number of aliphatic hydroxyl groups excluding tert-OH is 1. The minimum atomic E-state index is 0.0431. The van der Waals surface area contributed by atoms with Gasteiger partial charge in [-0.25, -0.2) is 0 Å². The molecule has 0 atom stereocenters. The van der Waals surface area contributed by atoms with Crippen LogP contribution in [0.25, 0.3) is 0 Å². The number of rotatable bonds is 5. The number of halogens is 1. The second-order valence-electron chi connectivity index (χ2n) is 5.85. The lowest BCUT2D eigenvalue weighted by Crippen LogP contribution is -2.08. The second kappa shape index (κ2) is 7.03. The summed E-state index contributed by atoms with van der Waals surface area (Å²) in [5.41, 5.74) is 5.84. The highest BCUT2D eigenvalue weighted by Gasteiger charge is 2.09. The summed E-state index contributed by atoms with van der Waals surface area (Å²) in [6, 6.07) is 20.5. The van der Waals surface area contributed by atoms with E-state index < -0.39 is 0 Å². The molecule has 0 aliphatic heterocycles. The molecule has 0 unspecified atom stereocenters. The van der Waals surface area contributed by atoms with Crippen molar-refractivity contribution in [3.05, 3.63) is 93.8 Å². The van der Waals surface area contributed by atoms with Gasteiger partial charge in [-0.1, -0.05) is 53.6 Å². The lowest BCUT2D eigenvalue weighted by Gasteiger charge is -2.13. The Bertz CT molecular complexity index is 772. The monoisotopic (exact) mass is 325 g/mol. The van der Waals surface area contributed by atoms with Gasteiger partial charge < -0.3 is 9.67 Å². The van der Waals surface area contributed by atoms with Crippen molar-refractivity contribution >= 4 is 11.6 Å². The van der Waals surface area contributed by atoms with E-state index in [1.807, 2.05) is 30.3 Å². The fourth-order valence-electron chi connectivity index (χ4n) is 2.74. The first-order valence-electron chi connectivity index (χ1n) is 7.74. The van der Waals surface area contributed by atoms with Crippen LogP contribution in [0, 0.1) is 6.92 Å². The Kier molecular flexibility index (Phi) is 4.85. The average molecular weight is 326 g/mol. The lowest BCUT2D eigenvalue weighted by atomic mass is 10.1. The van der Waals surface area contributed by atoms with Gasteiger partial charge >= 0.3 is 0 Å². The summed E-state index contributed by atoms with van der Waals surface area (Å²) in [5, 5.41) is 10.4. The maximum atomic E-state index is 9.61. The van der Waals surface area contributed by atoms with E-state index in [2.05, 4.69) is 41.8 Å². The molecule has 0 aliphatic rings. The Morgan fingerprint density at radius 2 is 1.43 bits per heavy atom. The third-order valence-electron chi connectivity index (χ3n) is 4.08. The number of aromatic nitrogens is 1. The van der Waals surface area contributed by atoms with E-state index in [0.717, 1.165) is 23.7 Å². The third-order valence-corrected chi connectivity index (χ3v) is 4.34. The summed E-state index contributed by atoms with van der Waals surface area (Å²) in [7, 11) is 0. The normalized spacial score (nSPS) is 10.9. The van der Waals surface area contributed by atoms with E-state index >= 15 is 0 Å². The summed E-state index contributed by atoms with van der Waals surface area (Å²) in [4.78, 5) is 0. The largest absolute Gasteiger partial charge is 0.390 e. The standard InChI is InChI=1S/C20H20ClNO/c1-15-2-4-16(5-3-15)12-19-10-11-20(14-23)22(19)13-17-6-8-18(21)9-7-17/h2-11,23H,12-14H2,1H3. The number of hydrogen-bond donors (Lipinski definition) is 1. The molecule has 3 heteroatoms. The van der Waals surface area contributed by atoms with Crippen LogP contribution in [-0.2, 0) is 19.6 Å². The average Bonchev–Trinajstić information content (AvgIpc) is 2.93. The summed E-state index contributed by atoms with van der Waals surface area (Å²) in [6.07, 6.45) is 0.855. The van der Waals surface area contributed by atoms with Gasteiger partial charge in [-0.3, -0.25) is 0 Å². The third kappa shape index (κ3) is 3.84. The van der Waals surface area contributed by atoms with Gasteiger partial charge in [0.05, 0.1) is 6.61 Å². The quantitative estimate of drug-likeness (QED) is 0.729. The smallest absolute Gasteiger partial charge is 0.0833 e. The van der Waals surface area contributed by atoms with Crippen molar-refractivity contribution in [3.8, 4) is 0 Å². The van der Waals surface area contributed by atoms with Gasteiger partial charge in [0.15, 0.2) is 0 Å². The van der Waals surface area contributed by atoms with Gasteiger partial charge in [-0.2, -0.15) is 0 Å². The van der Waals surface area contributed by atoms with Crippen molar-refractivity contribution in [2.75, 3.05) is 0 Å². The van der Waals surface area contributed by atoms with Crippen LogP contribution in [0.4, 0.5) is 0 Å². The van der Waals surface area contributed by atoms with Gasteiger partial charge in [0.25, 0.3) is 0 Å². The topological polar surface area (TPSA) is 25.2 Å². The summed E-state index contributed by atoms with van der Waals surface area (Å²) in [5.74, 6) is 0. The maximum Gasteiger partial charge on any atom is 0.0833 e. The van der Waals surface area contributed by atoms with Crippen LogP contribution in [0.2, 0.25) is 5.02 Å². The van der Waals surface area contributed by atoms with Gasteiger partial charge in [-0.05, 0) is 42.3 Å². The molecule has 2 nitrogen and oxygen atoms in total. The van der Waals surface area contributed by atoms with E-state index in [9.17, 15) is 5.11 Å². The number of hydrogen-bond acceptors (Lipinski definition) is 1. The molecule has 1 aromatic heterocycles. The molecule has 23 heavy (non-hydrogen) atoms. The van der Waals surface area contributed by atoms with Crippen LogP contribution in [0.3, 0.4) is 0 Å². The molecule has 3 aromatic rings. The number of aliphatic hydroxyl groups is 1. The predicted molar refractivity (Wildman–Crippen MR) is 94.9 cm³/mol. The zero-order chi connectivity index (χ0) is 16.2. The molecule has 0 bridgehead atoms. The van der Waals surface area contributed by atoms with Crippen molar-refractivity contribution < 1.29 is 5.11 Å². The Hall–Kier alpha value is -2.03. The van der Waals surface area contributed by atoms with Crippen LogP contribution < -0.4 is 0 Å². The number of nitrogens with zero attached hydrogens (tertiary/aromatic N) is 1. The highest BCUT2D eigenvalue weighted by molar-refractivity contribution is 6.30. The number of benzene rings is 2. The minimum absolute atomic E-state index is 0.0431. The van der Waals surface area contributed by atoms with E-state index in [0.29, 0.717) is 0 Å². The van der Waals surface area contributed by atoms with Crippen LogP contribution >= 0.6 is 11.6 Å². The Balaban J connectivity index is 1.87. The molecule has 0 spiro atoms. The zero-order valence-corrected chi connectivity index (χ0v) is 13.9. The maximum absolute atomic E-state index is 9.61. The first-order chi connectivity index (χ1) is 11.2. The van der Waals surface area contributed by atoms with Crippen LogP contribution in [-0.4, -0.2) is 9.67 Å². The van der Waals surface area contributed by atoms with E-state index in [1.54, 1.807) is 0 Å². The summed E-state index contributed by atoms with van der Waals surface area (Å²) in [6.45, 7) is 2.87. The van der Waals surface area contributed by atoms with Crippen LogP contribution in [0.1, 0.15) is 28.1 Å². The Labute approximate surface area is 142 Å². The molecule has 0 fully saturated rings. The Morgan fingerprint density at radius 1 is 0.826 bits per heavy atom. The van der Waals surface area contributed by atoms with Crippen LogP contribution in [0.15, 0.2) is 60.7 Å². The first kappa shape index (κ1) is 15.9. The van der Waals surface area contributed by atoms with Crippen molar-refractivity contribution in [1.29, 1.82) is 0 Å². The zero-order valence-electron chi connectivity index (χ0n) is 13.2. The van der Waals surface area contributed by atoms with Gasteiger partial charge in [0.1, 0.15) is 0 Å². The highest BCUT2D eigenvalue weighted by atomic mass is 35.5. The van der Waals surface area contributed by atoms with E-state index in [4.69, 9.17) is 11.6 Å². The van der Waals surface area contributed by atoms with Gasteiger partial charge in [-0.15, -0.1) is 0 Å². The highest BCUT2D eigenvalue weighted by Crippen LogP contribution is 2.18. The number of aryl methyl sites for hydroxylation is 1. The fraction of sp³-hybridized carbons (Fsp3) is 0.200. The molecule has 1 N–H and O–H groups in total. The van der Waals surface area contributed by atoms with Gasteiger partial charge in [0.2, 0.25) is 0 Å². The molecular weight excluding hydrogens is 306 g/mol. The van der Waals surface area contributed by atoms with Crippen LogP contribution in [0.5, 0.6) is 0 Å². The molecule has 2 aromatic carbocycles. The van der Waals surface area contributed by atoms with Crippen molar-refractivity contribution in [2.24, 2.45) is 0 Å². The van der Waals surface area contributed by atoms with Crippen molar-refractivity contribution in [2.45, 2.75) is 26.5 Å². The van der Waals surface area contributed by atoms with Crippen molar-refractivity contribution in [3.63, 3.8) is 0 Å². The summed E-state index contributed by atoms with van der Waals surface area (Å²) >= 11 is 5.96. The second-order valence-corrected chi connectivity index (χ2v) is 6.29. The molecule has 1 heterocycles. The Morgan fingerprint density at radius 3 is 2.09 bits per heavy atom. The predicted octanol–water partition coefficient (Wildman–Crippen LogP) is 4.58. The molecule has 118 valence electrons.